The minimum Gasteiger partial charge on any atom is -0.447 e. The zero-order valence-electron chi connectivity index (χ0n) is 17.0. The molecule has 30 heavy (non-hydrogen) atoms. The molecule has 0 aliphatic carbocycles. The van der Waals surface area contributed by atoms with Gasteiger partial charge >= 0.3 is 0 Å². The van der Waals surface area contributed by atoms with Crippen molar-refractivity contribution in [3.05, 3.63) is 54.1 Å². The van der Waals surface area contributed by atoms with Crippen LogP contribution in [0.2, 0.25) is 0 Å². The van der Waals surface area contributed by atoms with Gasteiger partial charge in [0.1, 0.15) is 0 Å². The summed E-state index contributed by atoms with van der Waals surface area (Å²) >= 11 is 3.17. The van der Waals surface area contributed by atoms with E-state index in [0.717, 1.165) is 27.5 Å². The maximum absolute atomic E-state index is 13.1. The Morgan fingerprint density at radius 3 is 2.57 bits per heavy atom. The Hall–Kier alpha value is -2.58. The largest absolute Gasteiger partial charge is 0.447 e. The maximum atomic E-state index is 13.1. The fourth-order valence-electron chi connectivity index (χ4n) is 3.33. The van der Waals surface area contributed by atoms with E-state index in [4.69, 9.17) is 4.74 Å². The summed E-state index contributed by atoms with van der Waals surface area (Å²) in [4.78, 5) is 20.6. The summed E-state index contributed by atoms with van der Waals surface area (Å²) in [6.07, 6.45) is 1.74. The second-order valence-corrected chi connectivity index (χ2v) is 8.67. The minimum absolute atomic E-state index is 0.0367. The van der Waals surface area contributed by atoms with Crippen LogP contribution in [0.15, 0.2) is 58.6 Å². The number of benzene rings is 2. The first-order chi connectivity index (χ1) is 14.7. The van der Waals surface area contributed by atoms with Crippen LogP contribution in [0.25, 0.3) is 11.3 Å². The highest BCUT2D eigenvalue weighted by molar-refractivity contribution is 7.99. The third-order valence-corrected chi connectivity index (χ3v) is 6.22. The fourth-order valence-corrected chi connectivity index (χ4v) is 4.24. The van der Waals surface area contributed by atoms with Crippen LogP contribution in [0.1, 0.15) is 32.1 Å². The van der Waals surface area contributed by atoms with Crippen LogP contribution in [-0.2, 0) is 4.79 Å². The summed E-state index contributed by atoms with van der Waals surface area (Å²) in [5, 5.41) is 9.22. The van der Waals surface area contributed by atoms with Crippen molar-refractivity contribution >= 4 is 35.1 Å². The number of carbonyl (C=O) groups is 1. The number of amides is 1. The van der Waals surface area contributed by atoms with Crippen molar-refractivity contribution in [2.45, 2.75) is 36.5 Å². The van der Waals surface area contributed by atoms with Crippen molar-refractivity contribution in [2.24, 2.45) is 0 Å². The average molecular weight is 439 g/mol. The Morgan fingerprint density at radius 1 is 1.10 bits per heavy atom. The molecule has 0 N–H and O–H groups in total. The molecule has 2 heterocycles. The Labute approximate surface area is 184 Å². The number of thioether (sulfide) groups is 2. The molecule has 0 saturated carbocycles. The van der Waals surface area contributed by atoms with Crippen LogP contribution in [0.5, 0.6) is 5.88 Å². The van der Waals surface area contributed by atoms with Crippen molar-refractivity contribution in [1.29, 1.82) is 0 Å². The van der Waals surface area contributed by atoms with Gasteiger partial charge in [-0.05, 0) is 30.2 Å². The summed E-state index contributed by atoms with van der Waals surface area (Å²) in [5.74, 6) is 1.18. The van der Waals surface area contributed by atoms with Crippen LogP contribution in [0, 0.1) is 0 Å². The van der Waals surface area contributed by atoms with Crippen molar-refractivity contribution in [3.63, 3.8) is 0 Å². The molecule has 0 fully saturated rings. The molecule has 0 radical (unpaired) electrons. The number of fused-ring (bicyclic) bond motifs is 3. The minimum atomic E-state index is -0.646. The van der Waals surface area contributed by atoms with Crippen molar-refractivity contribution < 1.29 is 9.53 Å². The lowest BCUT2D eigenvalue weighted by Crippen LogP contribution is -2.37. The molecule has 2 aromatic carbocycles. The number of aromatic nitrogens is 3. The topological polar surface area (TPSA) is 68.2 Å². The van der Waals surface area contributed by atoms with E-state index in [1.54, 1.807) is 16.7 Å². The summed E-state index contributed by atoms with van der Waals surface area (Å²) in [5.41, 5.74) is 2.95. The highest BCUT2D eigenvalue weighted by Gasteiger charge is 2.35. The Kier molecular flexibility index (Phi) is 6.24. The summed E-state index contributed by atoms with van der Waals surface area (Å²) in [6.45, 7) is 3.89. The first-order valence-corrected chi connectivity index (χ1v) is 12.0. The molecule has 154 valence electrons. The van der Waals surface area contributed by atoms with E-state index in [1.807, 2.05) is 68.6 Å². The highest BCUT2D eigenvalue weighted by atomic mass is 32.2. The zero-order chi connectivity index (χ0) is 21.1. The molecule has 0 saturated heterocycles. The standard InChI is InChI=1S/C22H22N4O2S2/c1-4-18(27)26-17-9-7-6-8-16(17)19-20(23-22(25-24-19)30-5-2)28-21(26)14-10-12-15(29-3)13-11-14/h6-13,21H,4-5H2,1-3H3/t21-/m1/s1. The van der Waals surface area contributed by atoms with E-state index in [1.165, 1.54) is 11.8 Å². The molecule has 4 rings (SSSR count). The molecule has 3 aromatic rings. The van der Waals surface area contributed by atoms with Gasteiger partial charge in [-0.3, -0.25) is 9.69 Å². The van der Waals surface area contributed by atoms with Gasteiger partial charge in [0.15, 0.2) is 5.69 Å². The molecule has 1 aliphatic heterocycles. The SMILES string of the molecule is CCSc1nnc2c(n1)O[C@H](c1ccc(SC)cc1)N(C(=O)CC)c1ccccc1-2. The molecule has 1 atom stereocenters. The van der Waals surface area contributed by atoms with E-state index in [-0.39, 0.29) is 5.91 Å². The number of ether oxygens (including phenoxy) is 1. The van der Waals surface area contributed by atoms with Gasteiger partial charge in [0.25, 0.3) is 0 Å². The average Bonchev–Trinajstić information content (AvgIpc) is 2.93. The predicted molar refractivity (Wildman–Crippen MR) is 121 cm³/mol. The van der Waals surface area contributed by atoms with Gasteiger partial charge in [0, 0.05) is 22.4 Å². The molecule has 1 aliphatic rings. The molecule has 8 heteroatoms. The van der Waals surface area contributed by atoms with Gasteiger partial charge in [-0.2, -0.15) is 4.98 Å². The predicted octanol–water partition coefficient (Wildman–Crippen LogP) is 5.21. The van der Waals surface area contributed by atoms with Crippen LogP contribution < -0.4 is 9.64 Å². The third kappa shape index (κ3) is 3.89. The van der Waals surface area contributed by atoms with Gasteiger partial charge < -0.3 is 4.74 Å². The second kappa shape index (κ2) is 9.06. The Balaban J connectivity index is 1.92. The summed E-state index contributed by atoms with van der Waals surface area (Å²) < 4.78 is 6.39. The molecular formula is C22H22N4O2S2. The van der Waals surface area contributed by atoms with Crippen LogP contribution in [-0.4, -0.2) is 33.1 Å². The number of carbonyl (C=O) groups excluding carboxylic acids is 1. The van der Waals surface area contributed by atoms with Gasteiger partial charge in [-0.15, -0.1) is 22.0 Å². The van der Waals surface area contributed by atoms with Crippen molar-refractivity contribution in [3.8, 4) is 17.1 Å². The van der Waals surface area contributed by atoms with Gasteiger partial charge in [0.2, 0.25) is 23.2 Å². The van der Waals surface area contributed by atoms with E-state index in [9.17, 15) is 4.79 Å². The molecule has 6 nitrogen and oxygen atoms in total. The zero-order valence-corrected chi connectivity index (χ0v) is 18.7. The monoisotopic (exact) mass is 438 g/mol. The van der Waals surface area contributed by atoms with Crippen molar-refractivity contribution in [2.75, 3.05) is 16.9 Å². The molecule has 0 spiro atoms. The number of anilines is 1. The number of hydrogen-bond donors (Lipinski definition) is 0. The molecule has 0 unspecified atom stereocenters. The van der Waals surface area contributed by atoms with E-state index < -0.39 is 6.23 Å². The quantitative estimate of drug-likeness (QED) is 0.507. The lowest BCUT2D eigenvalue weighted by Gasteiger charge is -2.30. The number of rotatable bonds is 5. The Bertz CT molecular complexity index is 1060. The van der Waals surface area contributed by atoms with Crippen LogP contribution in [0.3, 0.4) is 0 Å². The normalized spacial score (nSPS) is 15.0. The summed E-state index contributed by atoms with van der Waals surface area (Å²) in [7, 11) is 0. The van der Waals surface area contributed by atoms with Gasteiger partial charge in [-0.25, -0.2) is 0 Å². The van der Waals surface area contributed by atoms with E-state index in [2.05, 4.69) is 15.2 Å². The van der Waals surface area contributed by atoms with Crippen LogP contribution >= 0.6 is 23.5 Å². The van der Waals surface area contributed by atoms with Crippen molar-refractivity contribution in [1.82, 2.24) is 15.2 Å². The molecule has 1 aromatic heterocycles. The molecular weight excluding hydrogens is 416 g/mol. The smallest absolute Gasteiger partial charge is 0.247 e. The lowest BCUT2D eigenvalue weighted by atomic mass is 10.1. The number of para-hydroxylation sites is 1. The van der Waals surface area contributed by atoms with Gasteiger partial charge in [0.05, 0.1) is 5.69 Å². The lowest BCUT2D eigenvalue weighted by molar-refractivity contribution is -0.120. The van der Waals surface area contributed by atoms with Crippen LogP contribution in [0.4, 0.5) is 5.69 Å². The first-order valence-electron chi connectivity index (χ1n) is 9.75. The fraction of sp³-hybridized carbons (Fsp3) is 0.273. The maximum Gasteiger partial charge on any atom is 0.247 e. The van der Waals surface area contributed by atoms with E-state index in [0.29, 0.717) is 23.2 Å². The first kappa shape index (κ1) is 20.7. The third-order valence-electron chi connectivity index (χ3n) is 4.76. The van der Waals surface area contributed by atoms with E-state index >= 15 is 0 Å². The number of hydrogen-bond acceptors (Lipinski definition) is 7. The number of nitrogens with zero attached hydrogens (tertiary/aromatic N) is 4. The Morgan fingerprint density at radius 2 is 1.87 bits per heavy atom. The second-order valence-electron chi connectivity index (χ2n) is 6.56. The highest BCUT2D eigenvalue weighted by Crippen LogP contribution is 2.43. The molecule has 1 amide bonds. The molecule has 0 bridgehead atoms. The summed E-state index contributed by atoms with van der Waals surface area (Å²) in [6, 6.07) is 15.7. The van der Waals surface area contributed by atoms with Gasteiger partial charge in [-0.1, -0.05) is 55.9 Å².